The predicted molar refractivity (Wildman–Crippen MR) is 58.5 cm³/mol. The molecule has 0 bridgehead atoms. The summed E-state index contributed by atoms with van der Waals surface area (Å²) >= 11 is 3.36. The van der Waals surface area contributed by atoms with Gasteiger partial charge >= 0.3 is 0 Å². The van der Waals surface area contributed by atoms with Gasteiger partial charge in [-0.2, -0.15) is 0 Å². The zero-order valence-electron chi connectivity index (χ0n) is 8.13. The SMILES string of the molecule is CNC(=O)Cc1ccc(OC)c(Br)c1. The van der Waals surface area contributed by atoms with Crippen molar-refractivity contribution in [1.29, 1.82) is 0 Å². The fraction of sp³-hybridized carbons (Fsp3) is 0.300. The van der Waals surface area contributed by atoms with Crippen LogP contribution in [-0.2, 0) is 11.2 Å². The number of likely N-dealkylation sites (N-methyl/N-ethyl adjacent to an activating group) is 1. The van der Waals surface area contributed by atoms with E-state index in [0.717, 1.165) is 15.8 Å². The molecule has 0 saturated carbocycles. The van der Waals surface area contributed by atoms with Gasteiger partial charge in [0.15, 0.2) is 0 Å². The lowest BCUT2D eigenvalue weighted by atomic mass is 10.1. The fourth-order valence-corrected chi connectivity index (χ4v) is 1.68. The van der Waals surface area contributed by atoms with Gasteiger partial charge in [-0.3, -0.25) is 4.79 Å². The number of amides is 1. The van der Waals surface area contributed by atoms with E-state index < -0.39 is 0 Å². The Bertz CT molecular complexity index is 339. The molecule has 0 heterocycles. The van der Waals surface area contributed by atoms with E-state index in [9.17, 15) is 4.79 Å². The van der Waals surface area contributed by atoms with E-state index in [1.54, 1.807) is 14.2 Å². The van der Waals surface area contributed by atoms with Crippen molar-refractivity contribution in [3.05, 3.63) is 28.2 Å². The number of hydrogen-bond donors (Lipinski definition) is 1. The normalized spacial score (nSPS) is 9.64. The summed E-state index contributed by atoms with van der Waals surface area (Å²) in [6.45, 7) is 0. The van der Waals surface area contributed by atoms with Crippen molar-refractivity contribution >= 4 is 21.8 Å². The van der Waals surface area contributed by atoms with Gasteiger partial charge in [-0.25, -0.2) is 0 Å². The summed E-state index contributed by atoms with van der Waals surface area (Å²) in [5.74, 6) is 0.771. The first-order valence-electron chi connectivity index (χ1n) is 4.20. The fourth-order valence-electron chi connectivity index (χ4n) is 1.09. The number of hydrogen-bond acceptors (Lipinski definition) is 2. The third-order valence-electron chi connectivity index (χ3n) is 1.86. The molecule has 0 aliphatic heterocycles. The second kappa shape index (κ2) is 5.00. The molecule has 0 saturated heterocycles. The molecule has 1 rings (SSSR count). The standard InChI is InChI=1S/C10H12BrNO2/c1-12-10(13)6-7-3-4-9(14-2)8(11)5-7/h3-5H,6H2,1-2H3,(H,12,13). The van der Waals surface area contributed by atoms with Gasteiger partial charge in [0, 0.05) is 7.05 Å². The van der Waals surface area contributed by atoms with Crippen molar-refractivity contribution in [3.8, 4) is 5.75 Å². The molecule has 4 heteroatoms. The van der Waals surface area contributed by atoms with Crippen molar-refractivity contribution in [2.24, 2.45) is 0 Å². The van der Waals surface area contributed by atoms with Gasteiger partial charge in [0.2, 0.25) is 5.91 Å². The number of halogens is 1. The third kappa shape index (κ3) is 2.73. The lowest BCUT2D eigenvalue weighted by Gasteiger charge is -2.05. The maximum atomic E-state index is 11.1. The minimum atomic E-state index is 0.00191. The lowest BCUT2D eigenvalue weighted by Crippen LogP contribution is -2.19. The molecular formula is C10H12BrNO2. The molecular weight excluding hydrogens is 246 g/mol. The minimum absolute atomic E-state index is 0.00191. The van der Waals surface area contributed by atoms with Gasteiger partial charge in [0.05, 0.1) is 18.0 Å². The van der Waals surface area contributed by atoms with Crippen molar-refractivity contribution < 1.29 is 9.53 Å². The summed E-state index contributed by atoms with van der Waals surface area (Å²) in [7, 11) is 3.24. The quantitative estimate of drug-likeness (QED) is 0.896. The smallest absolute Gasteiger partial charge is 0.224 e. The summed E-state index contributed by atoms with van der Waals surface area (Å²) in [5.41, 5.74) is 0.956. The summed E-state index contributed by atoms with van der Waals surface area (Å²) in [6.07, 6.45) is 0.388. The average molecular weight is 258 g/mol. The Morgan fingerprint density at radius 2 is 2.29 bits per heavy atom. The van der Waals surface area contributed by atoms with Crippen LogP contribution in [0.25, 0.3) is 0 Å². The Balaban J connectivity index is 2.81. The number of carbonyl (C=O) groups excluding carboxylic acids is 1. The summed E-state index contributed by atoms with van der Waals surface area (Å²) in [6, 6.07) is 5.59. The lowest BCUT2D eigenvalue weighted by molar-refractivity contribution is -0.119. The number of methoxy groups -OCH3 is 1. The number of nitrogens with one attached hydrogen (secondary N) is 1. The Kier molecular flexibility index (Phi) is 3.95. The van der Waals surface area contributed by atoms with Crippen molar-refractivity contribution in [3.63, 3.8) is 0 Å². The van der Waals surface area contributed by atoms with Crippen LogP contribution in [0.3, 0.4) is 0 Å². The molecule has 0 atom stereocenters. The van der Waals surface area contributed by atoms with Crippen LogP contribution in [0.15, 0.2) is 22.7 Å². The molecule has 0 spiro atoms. The van der Waals surface area contributed by atoms with E-state index in [-0.39, 0.29) is 5.91 Å². The number of ether oxygens (including phenoxy) is 1. The van der Waals surface area contributed by atoms with Crippen LogP contribution in [0, 0.1) is 0 Å². The highest BCUT2D eigenvalue weighted by Gasteiger charge is 2.04. The zero-order chi connectivity index (χ0) is 10.6. The van der Waals surface area contributed by atoms with Crippen LogP contribution in [0.5, 0.6) is 5.75 Å². The Labute approximate surface area is 91.6 Å². The number of benzene rings is 1. The van der Waals surface area contributed by atoms with Crippen LogP contribution in [0.4, 0.5) is 0 Å². The predicted octanol–water partition coefficient (Wildman–Crippen LogP) is 1.75. The van der Waals surface area contributed by atoms with Gasteiger partial charge in [-0.1, -0.05) is 6.07 Å². The largest absolute Gasteiger partial charge is 0.496 e. The van der Waals surface area contributed by atoms with Crippen LogP contribution < -0.4 is 10.1 Å². The Hall–Kier alpha value is -1.03. The van der Waals surface area contributed by atoms with Crippen LogP contribution in [0.2, 0.25) is 0 Å². The van der Waals surface area contributed by atoms with E-state index in [2.05, 4.69) is 21.2 Å². The van der Waals surface area contributed by atoms with Crippen molar-refractivity contribution in [2.75, 3.05) is 14.2 Å². The van der Waals surface area contributed by atoms with Gasteiger partial charge in [0.25, 0.3) is 0 Å². The van der Waals surface area contributed by atoms with Crippen LogP contribution in [0.1, 0.15) is 5.56 Å². The maximum absolute atomic E-state index is 11.1. The molecule has 3 nitrogen and oxygen atoms in total. The number of carbonyl (C=O) groups is 1. The molecule has 76 valence electrons. The van der Waals surface area contributed by atoms with Crippen molar-refractivity contribution in [1.82, 2.24) is 5.32 Å². The highest BCUT2D eigenvalue weighted by atomic mass is 79.9. The van der Waals surface area contributed by atoms with Gasteiger partial charge in [0.1, 0.15) is 5.75 Å². The van der Waals surface area contributed by atoms with E-state index in [0.29, 0.717) is 6.42 Å². The maximum Gasteiger partial charge on any atom is 0.224 e. The van der Waals surface area contributed by atoms with E-state index in [1.807, 2.05) is 18.2 Å². The minimum Gasteiger partial charge on any atom is -0.496 e. The highest BCUT2D eigenvalue weighted by Crippen LogP contribution is 2.25. The molecule has 0 radical (unpaired) electrons. The summed E-state index contributed by atoms with van der Waals surface area (Å²) < 4.78 is 5.95. The first-order valence-corrected chi connectivity index (χ1v) is 4.99. The van der Waals surface area contributed by atoms with Crippen LogP contribution >= 0.6 is 15.9 Å². The van der Waals surface area contributed by atoms with Gasteiger partial charge in [-0.05, 0) is 33.6 Å². The molecule has 14 heavy (non-hydrogen) atoms. The molecule has 1 N–H and O–H groups in total. The van der Waals surface area contributed by atoms with Crippen molar-refractivity contribution in [2.45, 2.75) is 6.42 Å². The van der Waals surface area contributed by atoms with Gasteiger partial charge < -0.3 is 10.1 Å². The average Bonchev–Trinajstić information content (AvgIpc) is 2.18. The molecule has 1 aromatic rings. The first-order chi connectivity index (χ1) is 6.67. The molecule has 0 fully saturated rings. The van der Waals surface area contributed by atoms with E-state index in [4.69, 9.17) is 4.74 Å². The third-order valence-corrected chi connectivity index (χ3v) is 2.48. The molecule has 0 aliphatic rings. The topological polar surface area (TPSA) is 38.3 Å². The molecule has 0 aromatic heterocycles. The van der Waals surface area contributed by atoms with Crippen LogP contribution in [-0.4, -0.2) is 20.1 Å². The molecule has 1 aromatic carbocycles. The first kappa shape index (κ1) is 11.0. The summed E-state index contributed by atoms with van der Waals surface area (Å²) in [4.78, 5) is 11.1. The van der Waals surface area contributed by atoms with Gasteiger partial charge in [-0.15, -0.1) is 0 Å². The number of rotatable bonds is 3. The zero-order valence-corrected chi connectivity index (χ0v) is 9.72. The van der Waals surface area contributed by atoms with E-state index in [1.165, 1.54) is 0 Å². The molecule has 0 aliphatic carbocycles. The second-order valence-corrected chi connectivity index (χ2v) is 3.67. The summed E-state index contributed by atoms with van der Waals surface area (Å²) in [5, 5.41) is 2.58. The Morgan fingerprint density at radius 1 is 1.57 bits per heavy atom. The monoisotopic (exact) mass is 257 g/mol. The second-order valence-electron chi connectivity index (χ2n) is 2.82. The highest BCUT2D eigenvalue weighted by molar-refractivity contribution is 9.10. The Morgan fingerprint density at radius 3 is 2.79 bits per heavy atom. The molecule has 1 amide bonds. The van der Waals surface area contributed by atoms with E-state index >= 15 is 0 Å². The molecule has 0 unspecified atom stereocenters.